The highest BCUT2D eigenvalue weighted by Crippen LogP contribution is 2.29. The minimum Gasteiger partial charge on any atom is -0.381 e. The normalized spacial score (nSPS) is 17.9. The molecule has 0 bridgehead atoms. The Morgan fingerprint density at radius 3 is 2.90 bits per heavy atom. The third-order valence-electron chi connectivity index (χ3n) is 4.17. The first kappa shape index (κ1) is 15.0. The quantitative estimate of drug-likeness (QED) is 0.662. The molecule has 1 aromatic rings. The molecule has 112 valence electrons. The Labute approximate surface area is 119 Å². The number of aromatic amines is 1. The van der Waals surface area contributed by atoms with E-state index in [0.717, 1.165) is 31.4 Å². The SMILES string of the molecule is Cc1[nH]ncc1CCCNC(=O)C1(CN)CCOCC1. The molecule has 6 nitrogen and oxygen atoms in total. The molecule has 1 saturated heterocycles. The van der Waals surface area contributed by atoms with Crippen molar-refractivity contribution in [2.24, 2.45) is 11.1 Å². The van der Waals surface area contributed by atoms with Crippen LogP contribution in [0.1, 0.15) is 30.5 Å². The van der Waals surface area contributed by atoms with Crippen LogP contribution >= 0.6 is 0 Å². The van der Waals surface area contributed by atoms with E-state index in [1.807, 2.05) is 13.1 Å². The van der Waals surface area contributed by atoms with Crippen molar-refractivity contribution in [3.8, 4) is 0 Å². The molecule has 1 fully saturated rings. The first-order valence-electron chi connectivity index (χ1n) is 7.23. The van der Waals surface area contributed by atoms with Gasteiger partial charge in [-0.1, -0.05) is 0 Å². The fourth-order valence-electron chi connectivity index (χ4n) is 2.58. The summed E-state index contributed by atoms with van der Waals surface area (Å²) in [6.45, 7) is 4.32. The number of nitrogens with one attached hydrogen (secondary N) is 2. The smallest absolute Gasteiger partial charge is 0.227 e. The first-order valence-corrected chi connectivity index (χ1v) is 7.23. The van der Waals surface area contributed by atoms with Gasteiger partial charge in [-0.25, -0.2) is 0 Å². The summed E-state index contributed by atoms with van der Waals surface area (Å²) in [4.78, 5) is 12.3. The highest BCUT2D eigenvalue weighted by molar-refractivity contribution is 5.83. The van der Waals surface area contributed by atoms with E-state index in [4.69, 9.17) is 10.5 Å². The maximum Gasteiger partial charge on any atom is 0.227 e. The fourth-order valence-corrected chi connectivity index (χ4v) is 2.58. The number of aryl methyl sites for hydroxylation is 2. The average Bonchev–Trinajstić information content (AvgIpc) is 2.89. The van der Waals surface area contributed by atoms with Crippen LogP contribution in [0, 0.1) is 12.3 Å². The second-order valence-electron chi connectivity index (χ2n) is 5.48. The van der Waals surface area contributed by atoms with Crippen LogP contribution in [0.25, 0.3) is 0 Å². The molecule has 0 aliphatic carbocycles. The van der Waals surface area contributed by atoms with Gasteiger partial charge in [0.25, 0.3) is 0 Å². The molecule has 1 aliphatic rings. The summed E-state index contributed by atoms with van der Waals surface area (Å²) in [7, 11) is 0. The van der Waals surface area contributed by atoms with E-state index < -0.39 is 5.41 Å². The van der Waals surface area contributed by atoms with Crippen LogP contribution in [0.3, 0.4) is 0 Å². The van der Waals surface area contributed by atoms with E-state index in [-0.39, 0.29) is 5.91 Å². The van der Waals surface area contributed by atoms with Crippen molar-refractivity contribution in [2.45, 2.75) is 32.6 Å². The summed E-state index contributed by atoms with van der Waals surface area (Å²) >= 11 is 0. The summed E-state index contributed by atoms with van der Waals surface area (Å²) in [5.74, 6) is 0.0761. The molecule has 1 amide bonds. The largest absolute Gasteiger partial charge is 0.381 e. The van der Waals surface area contributed by atoms with Crippen molar-refractivity contribution in [1.82, 2.24) is 15.5 Å². The predicted molar refractivity (Wildman–Crippen MR) is 76.2 cm³/mol. The first-order chi connectivity index (χ1) is 9.68. The molecule has 0 unspecified atom stereocenters. The van der Waals surface area contributed by atoms with Crippen molar-refractivity contribution < 1.29 is 9.53 Å². The number of hydrogen-bond acceptors (Lipinski definition) is 4. The summed E-state index contributed by atoms with van der Waals surface area (Å²) in [5, 5.41) is 9.93. The van der Waals surface area contributed by atoms with Crippen molar-refractivity contribution in [3.05, 3.63) is 17.5 Å². The number of nitrogens with two attached hydrogens (primary N) is 1. The van der Waals surface area contributed by atoms with Gasteiger partial charge in [-0.15, -0.1) is 0 Å². The van der Waals surface area contributed by atoms with Gasteiger partial charge < -0.3 is 15.8 Å². The number of hydrogen-bond donors (Lipinski definition) is 3. The van der Waals surface area contributed by atoms with Crippen molar-refractivity contribution in [3.63, 3.8) is 0 Å². The van der Waals surface area contributed by atoms with Gasteiger partial charge in [0.05, 0.1) is 11.6 Å². The molecule has 1 aliphatic heterocycles. The van der Waals surface area contributed by atoms with E-state index in [9.17, 15) is 4.79 Å². The molecule has 4 N–H and O–H groups in total. The van der Waals surface area contributed by atoms with Crippen molar-refractivity contribution in [1.29, 1.82) is 0 Å². The molecular weight excluding hydrogens is 256 g/mol. The lowest BCUT2D eigenvalue weighted by Crippen LogP contribution is -2.49. The fraction of sp³-hybridized carbons (Fsp3) is 0.714. The number of carbonyl (C=O) groups is 1. The minimum absolute atomic E-state index is 0.0761. The number of ether oxygens (including phenoxy) is 1. The molecular formula is C14H24N4O2. The van der Waals surface area contributed by atoms with E-state index in [1.54, 1.807) is 0 Å². The van der Waals surface area contributed by atoms with Gasteiger partial charge in [-0.05, 0) is 38.2 Å². The highest BCUT2D eigenvalue weighted by Gasteiger charge is 2.38. The Hall–Kier alpha value is -1.40. The molecule has 0 spiro atoms. The topological polar surface area (TPSA) is 93.0 Å². The number of nitrogens with zero attached hydrogens (tertiary/aromatic N) is 1. The Morgan fingerprint density at radius 2 is 2.30 bits per heavy atom. The zero-order chi connectivity index (χ0) is 14.4. The summed E-state index contributed by atoms with van der Waals surface area (Å²) in [6, 6.07) is 0. The number of H-pyrrole nitrogens is 1. The van der Waals surface area contributed by atoms with E-state index in [1.165, 1.54) is 5.56 Å². The number of carbonyl (C=O) groups excluding carboxylic acids is 1. The summed E-state index contributed by atoms with van der Waals surface area (Å²) in [6.07, 6.45) is 5.11. The minimum atomic E-state index is -0.427. The predicted octanol–water partition coefficient (Wildman–Crippen LogP) is 0.522. The van der Waals surface area contributed by atoms with Crippen molar-refractivity contribution in [2.75, 3.05) is 26.3 Å². The van der Waals surface area contributed by atoms with Gasteiger partial charge in [-0.2, -0.15) is 5.10 Å². The van der Waals surface area contributed by atoms with Crippen LogP contribution in [-0.4, -0.2) is 42.4 Å². The van der Waals surface area contributed by atoms with Crippen LogP contribution in [0.5, 0.6) is 0 Å². The average molecular weight is 280 g/mol. The van der Waals surface area contributed by atoms with Crippen LogP contribution in [0.2, 0.25) is 0 Å². The van der Waals surface area contributed by atoms with Crippen LogP contribution < -0.4 is 11.1 Å². The van der Waals surface area contributed by atoms with Crippen molar-refractivity contribution >= 4 is 5.91 Å². The maximum absolute atomic E-state index is 12.3. The monoisotopic (exact) mass is 280 g/mol. The van der Waals surface area contributed by atoms with E-state index in [2.05, 4.69) is 15.5 Å². The molecule has 2 rings (SSSR count). The van der Waals surface area contributed by atoms with Crippen LogP contribution in [0.4, 0.5) is 0 Å². The molecule has 1 aromatic heterocycles. The standard InChI is InChI=1S/C14H24N4O2/c1-11-12(9-17-18-11)3-2-6-16-13(19)14(10-15)4-7-20-8-5-14/h9H,2-8,10,15H2,1H3,(H,16,19)(H,17,18). The Kier molecular flexibility index (Phi) is 5.14. The molecule has 0 atom stereocenters. The van der Waals surface area contributed by atoms with Crippen LogP contribution in [0.15, 0.2) is 6.20 Å². The highest BCUT2D eigenvalue weighted by atomic mass is 16.5. The third kappa shape index (κ3) is 3.37. The summed E-state index contributed by atoms with van der Waals surface area (Å²) < 4.78 is 5.32. The molecule has 6 heteroatoms. The second-order valence-corrected chi connectivity index (χ2v) is 5.48. The lowest BCUT2D eigenvalue weighted by Gasteiger charge is -2.34. The number of rotatable bonds is 6. The van der Waals surface area contributed by atoms with E-state index >= 15 is 0 Å². The molecule has 0 radical (unpaired) electrons. The number of amides is 1. The van der Waals surface area contributed by atoms with Gasteiger partial charge in [0.1, 0.15) is 0 Å². The number of aromatic nitrogens is 2. The van der Waals surface area contributed by atoms with Crippen LogP contribution in [-0.2, 0) is 16.0 Å². The van der Waals surface area contributed by atoms with Gasteiger partial charge in [0.2, 0.25) is 5.91 Å². The van der Waals surface area contributed by atoms with Gasteiger partial charge in [0.15, 0.2) is 0 Å². The molecule has 0 saturated carbocycles. The molecule has 20 heavy (non-hydrogen) atoms. The Balaban J connectivity index is 1.75. The summed E-state index contributed by atoms with van der Waals surface area (Å²) in [5.41, 5.74) is 7.69. The zero-order valence-electron chi connectivity index (χ0n) is 12.1. The lowest BCUT2D eigenvalue weighted by atomic mass is 9.79. The Bertz CT molecular complexity index is 438. The Morgan fingerprint density at radius 1 is 1.55 bits per heavy atom. The second kappa shape index (κ2) is 6.85. The zero-order valence-corrected chi connectivity index (χ0v) is 12.1. The molecule has 2 heterocycles. The van der Waals surface area contributed by atoms with Gasteiger partial charge in [0, 0.05) is 32.0 Å². The van der Waals surface area contributed by atoms with Gasteiger partial charge >= 0.3 is 0 Å². The maximum atomic E-state index is 12.3. The molecule has 0 aromatic carbocycles. The lowest BCUT2D eigenvalue weighted by molar-refractivity contribution is -0.135. The third-order valence-corrected chi connectivity index (χ3v) is 4.17. The van der Waals surface area contributed by atoms with E-state index in [0.29, 0.717) is 26.3 Å². The van der Waals surface area contributed by atoms with Gasteiger partial charge in [-0.3, -0.25) is 9.89 Å².